The molecule has 1 N–H and O–H groups in total. The summed E-state index contributed by atoms with van der Waals surface area (Å²) in [7, 11) is 1.59. The molecule has 7 aliphatic rings. The van der Waals surface area contributed by atoms with Crippen molar-refractivity contribution in [3.05, 3.63) is 21.0 Å². The quantitative estimate of drug-likeness (QED) is 0.650. The Kier molecular flexibility index (Phi) is 1.45. The van der Waals surface area contributed by atoms with Crippen LogP contribution < -0.4 is 11.4 Å². The van der Waals surface area contributed by atoms with Gasteiger partial charge in [-0.05, 0) is 36.5 Å². The number of aliphatic hydroxyl groups is 1. The lowest BCUT2D eigenvalue weighted by atomic mass is 9.04. The monoisotopic (exact) mass is 365 g/mol. The second-order valence-electron chi connectivity index (χ2n) is 8.48. The summed E-state index contributed by atoms with van der Waals surface area (Å²) in [5, 5.41) is 10.4. The van der Waals surface area contributed by atoms with Crippen LogP contribution in [0.1, 0.15) is 24.9 Å². The predicted molar refractivity (Wildman–Crippen MR) is 78.8 cm³/mol. The Bertz CT molecular complexity index is 845. The molecule has 5 saturated carbocycles. The van der Waals surface area contributed by atoms with Crippen molar-refractivity contribution in [1.29, 1.82) is 0 Å². The normalized spacial score (nSPS) is 63.6. The Morgan fingerprint density at radius 1 is 1.05 bits per heavy atom. The molecule has 116 valence electrons. The zero-order valence-corrected chi connectivity index (χ0v) is 13.6. The average molecular weight is 366 g/mol. The van der Waals surface area contributed by atoms with E-state index < -0.39 is 0 Å². The van der Waals surface area contributed by atoms with Crippen LogP contribution in [0.5, 0.6) is 0 Å². The molecule has 22 heavy (non-hydrogen) atoms. The van der Waals surface area contributed by atoms with Crippen molar-refractivity contribution in [3.63, 3.8) is 0 Å². The first-order chi connectivity index (χ1) is 10.5. The van der Waals surface area contributed by atoms with Crippen molar-refractivity contribution < 1.29 is 5.11 Å². The lowest BCUT2D eigenvalue weighted by Gasteiger charge is -3.02. The number of hydrogen-bond acceptors (Lipinski definition) is 3. The Morgan fingerprint density at radius 3 is 2.09 bits per heavy atom. The van der Waals surface area contributed by atoms with E-state index >= 15 is 0 Å². The molecule has 0 aromatic carbocycles. The highest BCUT2D eigenvalue weighted by Gasteiger charge is 3.03. The molecule has 1 aromatic heterocycles. The largest absolute Gasteiger partial charge is 0.392 e. The molecule has 10 atom stereocenters. The molecule has 0 unspecified atom stereocenters. The molecule has 8 rings (SSSR count). The summed E-state index contributed by atoms with van der Waals surface area (Å²) in [6.07, 6.45) is 1.42. The van der Waals surface area contributed by atoms with Gasteiger partial charge in [0.2, 0.25) is 0 Å². The molecule has 0 amide bonds. The van der Waals surface area contributed by atoms with E-state index in [4.69, 9.17) is 0 Å². The number of rotatable bonds is 0. The summed E-state index contributed by atoms with van der Waals surface area (Å²) in [4.78, 5) is 25.3. The van der Waals surface area contributed by atoms with E-state index in [1.165, 1.54) is 4.57 Å². The molecule has 1 aromatic rings. The number of aliphatic hydroxyl groups excluding tert-OH is 1. The van der Waals surface area contributed by atoms with Crippen molar-refractivity contribution in [2.45, 2.75) is 35.9 Å². The fourth-order valence-corrected chi connectivity index (χ4v) is 9.26. The van der Waals surface area contributed by atoms with Crippen molar-refractivity contribution in [2.75, 3.05) is 0 Å². The molecule has 2 aliphatic heterocycles. The predicted octanol–water partition coefficient (Wildman–Crippen LogP) is -0.146. The minimum Gasteiger partial charge on any atom is -0.392 e. The molecule has 2 spiro atoms. The number of alkyl halides is 1. The van der Waals surface area contributed by atoms with E-state index in [1.807, 2.05) is 0 Å². The maximum Gasteiger partial charge on any atom is 0.347 e. The van der Waals surface area contributed by atoms with Crippen LogP contribution in [0.2, 0.25) is 0 Å². The smallest absolute Gasteiger partial charge is 0.347 e. The third kappa shape index (κ3) is 0.658. The molecule has 2 bridgehead atoms. The maximum atomic E-state index is 12.6. The number of nitrogens with zero attached hydrogens (tertiary/aromatic N) is 3. The molecule has 6 nitrogen and oxygen atoms in total. The fraction of sp³-hybridized carbons (Fsp3) is 0.867. The highest BCUT2D eigenvalue weighted by molar-refractivity contribution is 9.09. The van der Waals surface area contributed by atoms with Gasteiger partial charge in [0, 0.05) is 22.7 Å². The summed E-state index contributed by atoms with van der Waals surface area (Å²) >= 11 is 3.67. The first kappa shape index (κ1) is 11.7. The average Bonchev–Trinajstić information content (AvgIpc) is 2.65. The van der Waals surface area contributed by atoms with Gasteiger partial charge in [-0.15, -0.1) is 0 Å². The van der Waals surface area contributed by atoms with Crippen molar-refractivity contribution in [2.24, 2.45) is 41.5 Å². The molecule has 5 fully saturated rings. The molecule has 3 heterocycles. The highest BCUT2D eigenvalue weighted by Crippen LogP contribution is 3.04. The van der Waals surface area contributed by atoms with Crippen LogP contribution in [-0.4, -0.2) is 30.0 Å². The van der Waals surface area contributed by atoms with E-state index in [2.05, 4.69) is 15.9 Å². The summed E-state index contributed by atoms with van der Waals surface area (Å²) in [6, 6.07) is 0.361. The van der Waals surface area contributed by atoms with Crippen LogP contribution in [0.4, 0.5) is 0 Å². The lowest BCUT2D eigenvalue weighted by Crippen LogP contribution is -3.01. The Labute approximate surface area is 133 Å². The zero-order chi connectivity index (χ0) is 14.9. The van der Waals surface area contributed by atoms with Gasteiger partial charge in [0.05, 0.1) is 18.2 Å². The van der Waals surface area contributed by atoms with E-state index in [0.29, 0.717) is 17.8 Å². The standard InChI is InChI=1S/C15H16BrN3O3/c1-17-12(21)18-10-6-7-9-8(6)14(10)2-4(16)5(20)3-15(9,14)11(7)19(18)13(17)22/h4-11,20H,2-3H2,1H3/t4-,5-,6+,7+,8-,9+,10+,11-,14+,15-/m1/s1. The third-order valence-corrected chi connectivity index (χ3v) is 9.66. The van der Waals surface area contributed by atoms with Gasteiger partial charge < -0.3 is 5.11 Å². The fourth-order valence-electron chi connectivity index (χ4n) is 8.54. The van der Waals surface area contributed by atoms with Gasteiger partial charge in [-0.2, -0.15) is 0 Å². The van der Waals surface area contributed by atoms with Crippen LogP contribution in [0.25, 0.3) is 0 Å². The van der Waals surface area contributed by atoms with E-state index in [0.717, 1.165) is 18.8 Å². The Morgan fingerprint density at radius 2 is 1.55 bits per heavy atom. The van der Waals surface area contributed by atoms with Gasteiger partial charge in [0.15, 0.2) is 0 Å². The summed E-state index contributed by atoms with van der Waals surface area (Å²) in [5.74, 6) is 2.67. The lowest BCUT2D eigenvalue weighted by molar-refractivity contribution is -0.562. The molecule has 0 radical (unpaired) electrons. The van der Waals surface area contributed by atoms with E-state index in [-0.39, 0.29) is 45.2 Å². The highest BCUT2D eigenvalue weighted by atomic mass is 79.9. The van der Waals surface area contributed by atoms with E-state index in [1.54, 1.807) is 16.4 Å². The first-order valence-electron chi connectivity index (χ1n) is 8.20. The van der Waals surface area contributed by atoms with Gasteiger partial charge in [-0.3, -0.25) is 0 Å². The Balaban J connectivity index is 1.58. The van der Waals surface area contributed by atoms with Crippen LogP contribution in [0, 0.1) is 34.5 Å². The van der Waals surface area contributed by atoms with Crippen LogP contribution in [-0.2, 0) is 7.05 Å². The molecular weight excluding hydrogens is 350 g/mol. The first-order valence-corrected chi connectivity index (χ1v) is 9.12. The molecular formula is C15H16BrN3O3. The minimum atomic E-state index is -0.326. The third-order valence-electron chi connectivity index (χ3n) is 8.72. The van der Waals surface area contributed by atoms with Crippen LogP contribution >= 0.6 is 15.9 Å². The van der Waals surface area contributed by atoms with Gasteiger partial charge >= 0.3 is 11.4 Å². The van der Waals surface area contributed by atoms with Gasteiger partial charge in [-0.25, -0.2) is 23.5 Å². The second-order valence-corrected chi connectivity index (χ2v) is 9.66. The molecule has 5 aliphatic carbocycles. The SMILES string of the molecule is Cn1c(=O)n2n(c1=O)[C@@H]1[C@H]3[C@H]4[C@@H]5[C@H]3[C@]13C[C@@H](O)[C@H](Br)C[C@@]53[C@H]42. The summed E-state index contributed by atoms with van der Waals surface area (Å²) < 4.78 is 4.85. The minimum absolute atomic E-state index is 0.100. The number of hydrogen-bond donors (Lipinski definition) is 1. The zero-order valence-electron chi connectivity index (χ0n) is 12.0. The molecule has 0 saturated heterocycles. The number of aromatic nitrogens is 3. The summed E-state index contributed by atoms with van der Waals surface area (Å²) in [5.41, 5.74) is -0.0336. The van der Waals surface area contributed by atoms with E-state index in [9.17, 15) is 14.7 Å². The summed E-state index contributed by atoms with van der Waals surface area (Å²) in [6.45, 7) is 0. The Hall–Kier alpha value is -0.820. The second kappa shape index (κ2) is 2.73. The van der Waals surface area contributed by atoms with Crippen LogP contribution in [0.15, 0.2) is 9.59 Å². The van der Waals surface area contributed by atoms with Crippen molar-refractivity contribution in [1.82, 2.24) is 13.9 Å². The maximum absolute atomic E-state index is 12.6. The molecule has 7 heteroatoms. The van der Waals surface area contributed by atoms with Crippen molar-refractivity contribution in [3.8, 4) is 0 Å². The van der Waals surface area contributed by atoms with Gasteiger partial charge in [0.1, 0.15) is 0 Å². The van der Waals surface area contributed by atoms with Crippen molar-refractivity contribution >= 4 is 15.9 Å². The number of halogens is 1. The van der Waals surface area contributed by atoms with Gasteiger partial charge in [-0.1, -0.05) is 15.9 Å². The van der Waals surface area contributed by atoms with Gasteiger partial charge in [0.25, 0.3) is 0 Å². The van der Waals surface area contributed by atoms with Crippen LogP contribution in [0.3, 0.4) is 0 Å². The topological polar surface area (TPSA) is 69.2 Å².